The molecule has 2 bridgehead atoms. The number of rotatable bonds is 21. The summed E-state index contributed by atoms with van der Waals surface area (Å²) < 4.78 is 25.3. The van der Waals surface area contributed by atoms with E-state index >= 15 is 0 Å². The smallest absolute Gasteiger partial charge is 0.327 e. The Hall–Kier alpha value is -3.89. The second-order valence-electron chi connectivity index (χ2n) is 17.6. The fraction of sp³-hybridized carbons (Fsp3) is 0.705. The lowest BCUT2D eigenvalue weighted by molar-refractivity contribution is -0.224. The Balaban J connectivity index is 1.39. The number of carbonyl (C=O) groups excluding carboxylic acids is 5. The number of benzene rings is 1. The summed E-state index contributed by atoms with van der Waals surface area (Å²) in [5.74, 6) is -3.04. The molecule has 3 aliphatic heterocycles. The Morgan fingerprint density at radius 3 is 2.34 bits per heavy atom. The van der Waals surface area contributed by atoms with Crippen molar-refractivity contribution in [2.75, 3.05) is 27.2 Å². The first-order chi connectivity index (χ1) is 28.1. The van der Waals surface area contributed by atoms with E-state index in [-0.39, 0.29) is 51.3 Å². The fourth-order valence-corrected chi connectivity index (χ4v) is 8.66. The second kappa shape index (κ2) is 20.1. The Labute approximate surface area is 348 Å². The van der Waals surface area contributed by atoms with Gasteiger partial charge in [-0.25, -0.2) is 0 Å². The van der Waals surface area contributed by atoms with Crippen molar-refractivity contribution in [2.24, 2.45) is 5.41 Å². The predicted molar refractivity (Wildman–Crippen MR) is 218 cm³/mol. The lowest BCUT2D eigenvalue weighted by Crippen LogP contribution is -2.69. The Kier molecular flexibility index (Phi) is 15.7. The summed E-state index contributed by atoms with van der Waals surface area (Å²) in [4.78, 5) is 75.0. The van der Waals surface area contributed by atoms with E-state index in [9.17, 15) is 29.1 Å². The van der Waals surface area contributed by atoms with E-state index in [0.717, 1.165) is 49.7 Å². The van der Waals surface area contributed by atoms with Crippen LogP contribution in [0.5, 0.6) is 0 Å². The van der Waals surface area contributed by atoms with E-state index in [0.29, 0.717) is 12.8 Å². The molecule has 7 atom stereocenters. The number of unbranched alkanes of at least 4 members (excludes halogenated alkanes) is 4. The normalized spacial score (nSPS) is 26.2. The van der Waals surface area contributed by atoms with Gasteiger partial charge in [0.15, 0.2) is 11.8 Å². The summed E-state index contributed by atoms with van der Waals surface area (Å²) in [6.07, 6.45) is 7.48. The summed E-state index contributed by atoms with van der Waals surface area (Å²) in [6.45, 7) is 9.23. The van der Waals surface area contributed by atoms with Crippen molar-refractivity contribution in [3.8, 4) is 0 Å². The molecule has 15 nitrogen and oxygen atoms in total. The quantitative estimate of drug-likeness (QED) is 0.0908. The van der Waals surface area contributed by atoms with Gasteiger partial charge in [-0.3, -0.25) is 28.8 Å². The third-order valence-corrected chi connectivity index (χ3v) is 11.6. The van der Waals surface area contributed by atoms with Crippen LogP contribution in [0.1, 0.15) is 123 Å². The molecule has 1 aromatic carbocycles. The molecular weight excluding hydrogens is 761 g/mol. The number of carbonyl (C=O) groups is 5. The lowest BCUT2D eigenvalue weighted by atomic mass is 9.62. The average molecular weight is 827 g/mol. The molecular formula is C44H66N4O11. The standard InChI is InChI=1S/C44H66N4O11/c1-8-10-14-23-43(24-15-11-9-2)57-36-32-26-44(41(54)45-25-22-33(50)46-31(28-49)19-21-35(52)56-42(3,4)5)38(40(53)55-32)48(59-39(44)37(36)58-43)27-30-17-13-12-16-29(30)18-20-34(51)47(6)7/h12-13,16-18,20,31-32,36-39,49H,8-11,14-15,19,21-28H2,1-7H3,(H,45,54)(H,46,50). The summed E-state index contributed by atoms with van der Waals surface area (Å²) in [5.41, 5.74) is -0.600. The number of likely N-dealkylation sites (N-methyl/N-ethyl adjacent to an activating group) is 1. The molecule has 3 amide bonds. The van der Waals surface area contributed by atoms with Gasteiger partial charge in [0.2, 0.25) is 17.7 Å². The zero-order valence-electron chi connectivity index (χ0n) is 36.0. The van der Waals surface area contributed by atoms with Gasteiger partial charge in [-0.15, -0.1) is 0 Å². The van der Waals surface area contributed by atoms with Crippen LogP contribution in [0, 0.1) is 5.41 Å². The third kappa shape index (κ3) is 11.1. The minimum absolute atomic E-state index is 0.0139. The van der Waals surface area contributed by atoms with Crippen molar-refractivity contribution < 1.29 is 52.9 Å². The molecule has 0 spiro atoms. The van der Waals surface area contributed by atoms with Gasteiger partial charge in [0.25, 0.3) is 0 Å². The largest absolute Gasteiger partial charge is 0.460 e. The average Bonchev–Trinajstić information content (AvgIpc) is 3.73. The van der Waals surface area contributed by atoms with Crippen molar-refractivity contribution in [3.63, 3.8) is 0 Å². The first kappa shape index (κ1) is 46.2. The van der Waals surface area contributed by atoms with Gasteiger partial charge in [0, 0.05) is 58.8 Å². The van der Waals surface area contributed by atoms with Crippen molar-refractivity contribution in [2.45, 2.75) is 166 Å². The van der Waals surface area contributed by atoms with Crippen LogP contribution >= 0.6 is 0 Å². The van der Waals surface area contributed by atoms with E-state index in [2.05, 4.69) is 24.5 Å². The number of hydroxylamine groups is 2. The van der Waals surface area contributed by atoms with Gasteiger partial charge in [0.1, 0.15) is 35.4 Å². The Morgan fingerprint density at radius 2 is 1.69 bits per heavy atom. The molecule has 59 heavy (non-hydrogen) atoms. The number of esters is 2. The van der Waals surface area contributed by atoms with Crippen molar-refractivity contribution in [1.82, 2.24) is 20.6 Å². The zero-order valence-corrected chi connectivity index (χ0v) is 36.0. The van der Waals surface area contributed by atoms with Crippen molar-refractivity contribution >= 4 is 35.7 Å². The highest BCUT2D eigenvalue weighted by Crippen LogP contribution is 2.58. The number of nitrogens with zero attached hydrogens (tertiary/aromatic N) is 2. The minimum atomic E-state index is -1.45. The Bertz CT molecular complexity index is 1670. The van der Waals surface area contributed by atoms with Crippen LogP contribution in [-0.4, -0.2) is 120 Å². The third-order valence-electron chi connectivity index (χ3n) is 11.6. The maximum Gasteiger partial charge on any atom is 0.327 e. The fourth-order valence-electron chi connectivity index (χ4n) is 8.66. The molecule has 0 radical (unpaired) electrons. The van der Waals surface area contributed by atoms with Crippen LogP contribution in [0.15, 0.2) is 30.3 Å². The number of ether oxygens (including phenoxy) is 4. The molecule has 328 valence electrons. The topological polar surface area (TPSA) is 182 Å². The van der Waals surface area contributed by atoms with Crippen molar-refractivity contribution in [3.05, 3.63) is 41.5 Å². The highest BCUT2D eigenvalue weighted by molar-refractivity contribution is 5.94. The molecule has 1 aliphatic carbocycles. The van der Waals surface area contributed by atoms with Crippen LogP contribution in [-0.2, 0) is 54.3 Å². The van der Waals surface area contributed by atoms with E-state index < -0.39 is 77.1 Å². The van der Waals surface area contributed by atoms with Crippen LogP contribution < -0.4 is 10.6 Å². The molecule has 1 saturated carbocycles. The molecule has 0 aromatic heterocycles. The van der Waals surface area contributed by atoms with Crippen LogP contribution in [0.2, 0.25) is 0 Å². The SMILES string of the molecule is CCCCCC1(CCCCC)OC2C3CC4(C(=O)NCCC(=O)NC(CO)CCC(=O)OC(C)(C)C)C(ON(Cc5ccccc5C=CC(=O)N(C)C)C4C(=O)O3)C2O1. The van der Waals surface area contributed by atoms with E-state index in [1.807, 2.05) is 24.3 Å². The van der Waals surface area contributed by atoms with Gasteiger partial charge in [-0.2, -0.15) is 5.06 Å². The molecule has 1 aromatic rings. The van der Waals surface area contributed by atoms with Crippen LogP contribution in [0.4, 0.5) is 0 Å². The Morgan fingerprint density at radius 1 is 1.02 bits per heavy atom. The summed E-state index contributed by atoms with van der Waals surface area (Å²) in [7, 11) is 3.34. The van der Waals surface area contributed by atoms with Gasteiger partial charge >= 0.3 is 11.9 Å². The monoisotopic (exact) mass is 826 g/mol. The molecule has 7 unspecified atom stereocenters. The summed E-state index contributed by atoms with van der Waals surface area (Å²) >= 11 is 0. The predicted octanol–water partition coefficient (Wildman–Crippen LogP) is 4.33. The number of hydrogen-bond acceptors (Lipinski definition) is 12. The van der Waals surface area contributed by atoms with Gasteiger partial charge in [-0.05, 0) is 57.2 Å². The maximum absolute atomic E-state index is 14.8. The highest BCUT2D eigenvalue weighted by atomic mass is 16.8. The van der Waals surface area contributed by atoms with Gasteiger partial charge < -0.3 is 39.6 Å². The number of nitrogens with one attached hydrogen (secondary N) is 2. The highest BCUT2D eigenvalue weighted by Gasteiger charge is 2.76. The number of amides is 3. The summed E-state index contributed by atoms with van der Waals surface area (Å²) in [5, 5.41) is 17.1. The number of fused-ring (bicyclic) bond motifs is 4. The number of hydrogen-bond donors (Lipinski definition) is 3. The van der Waals surface area contributed by atoms with E-state index in [4.69, 9.17) is 23.8 Å². The number of aliphatic hydroxyl groups excluding tert-OH is 1. The minimum Gasteiger partial charge on any atom is -0.460 e. The second-order valence-corrected chi connectivity index (χ2v) is 17.6. The first-order valence-corrected chi connectivity index (χ1v) is 21.4. The molecule has 4 fully saturated rings. The first-order valence-electron chi connectivity index (χ1n) is 21.4. The number of aliphatic hydroxyl groups is 1. The van der Waals surface area contributed by atoms with Crippen molar-refractivity contribution in [1.29, 1.82) is 0 Å². The molecule has 3 saturated heterocycles. The van der Waals surface area contributed by atoms with E-state index in [1.165, 1.54) is 16.0 Å². The van der Waals surface area contributed by atoms with Gasteiger partial charge in [0.05, 0.1) is 19.2 Å². The van der Waals surface area contributed by atoms with E-state index in [1.54, 1.807) is 40.9 Å². The molecule has 15 heteroatoms. The van der Waals surface area contributed by atoms with Gasteiger partial charge in [-0.1, -0.05) is 63.8 Å². The molecule has 3 heterocycles. The lowest BCUT2D eigenvalue weighted by Gasteiger charge is -2.48. The maximum atomic E-state index is 14.8. The summed E-state index contributed by atoms with van der Waals surface area (Å²) in [6, 6.07) is 5.63. The van der Waals surface area contributed by atoms with Crippen LogP contribution in [0.25, 0.3) is 6.08 Å². The molecule has 4 aliphatic rings. The van der Waals surface area contributed by atoms with Crippen LogP contribution in [0.3, 0.4) is 0 Å². The zero-order chi connectivity index (χ0) is 43.0. The molecule has 3 N–H and O–H groups in total. The molecule has 5 rings (SSSR count).